The molecule has 4 heterocycles. The molecule has 1 spiro atoms. The van der Waals surface area contributed by atoms with Crippen molar-refractivity contribution in [3.05, 3.63) is 106 Å². The Bertz CT molecular complexity index is 2650. The minimum Gasteiger partial charge on any atom is -0.629 e. The Morgan fingerprint density at radius 1 is 1.03 bits per heavy atom. The number of sulfonamides is 1. The third-order valence-electron chi connectivity index (χ3n) is 15.6. The standard InChI is InChI=1S/C52H68FN9O6S/c1-34(2)40-7-5-6-8-41(40)47-33-60(22-19-54)23-24-62(47)37-28-52(29-37)17-20-61(21-18-52)36-9-10-42(48(25-36)68-38-26-43-44(53)11-12-45(43)55-31-38)50(63)58-69(66,67)39-27-46(59(4)65)49(57-32-39)56-30-35-13-15-51(3,64)16-14-35/h5-11,25-27,31-32,34-35,37,47,59,64H,12-24,28-30,33,54H2,1-4H3,(H,56,57)(H,58,63)/t35?,47-,51?/m0/s1. The topological polar surface area (TPSA) is 194 Å². The molecule has 2 aromatic heterocycles. The summed E-state index contributed by atoms with van der Waals surface area (Å²) in [5.74, 6) is -0.139. The number of piperazine rings is 1. The lowest BCUT2D eigenvalue weighted by Crippen LogP contribution is -2.98. The molecule has 5 aliphatic rings. The first-order valence-corrected chi connectivity index (χ1v) is 26.2. The van der Waals surface area contributed by atoms with Crippen molar-refractivity contribution >= 4 is 38.9 Å². The zero-order chi connectivity index (χ0) is 48.7. The van der Waals surface area contributed by atoms with Gasteiger partial charge in [0.25, 0.3) is 15.9 Å². The number of benzene rings is 2. The lowest BCUT2D eigenvalue weighted by Gasteiger charge is -2.58. The molecular formula is C52H68FN9O6S. The predicted molar refractivity (Wildman–Crippen MR) is 266 cm³/mol. The van der Waals surface area contributed by atoms with Crippen molar-refractivity contribution < 1.29 is 32.5 Å². The van der Waals surface area contributed by atoms with Gasteiger partial charge in [-0.1, -0.05) is 38.1 Å². The number of hydrogen-bond donors (Lipinski definition) is 5. The summed E-state index contributed by atoms with van der Waals surface area (Å²) < 4.78 is 51.0. The van der Waals surface area contributed by atoms with E-state index < -0.39 is 32.4 Å². The normalized spacial score (nSPS) is 23.6. The van der Waals surface area contributed by atoms with Crippen LogP contribution in [-0.4, -0.2) is 110 Å². The number of quaternary nitrogens is 1. The number of nitrogens with zero attached hydrogens (tertiary/aromatic N) is 5. The minimum absolute atomic E-state index is 0.0567. The van der Waals surface area contributed by atoms with E-state index in [2.05, 4.69) is 72.8 Å². The summed E-state index contributed by atoms with van der Waals surface area (Å²) in [5, 5.41) is 26.0. The van der Waals surface area contributed by atoms with Crippen LogP contribution in [-0.2, 0) is 16.4 Å². The fraction of sp³-hybridized carbons (Fsp3) is 0.519. The summed E-state index contributed by atoms with van der Waals surface area (Å²) in [4.78, 5) is 30.0. The number of pyridine rings is 2. The first-order valence-electron chi connectivity index (χ1n) is 24.7. The van der Waals surface area contributed by atoms with Gasteiger partial charge in [-0.15, -0.1) is 0 Å². The average molecular weight is 966 g/mol. The van der Waals surface area contributed by atoms with Crippen LogP contribution in [0.5, 0.6) is 11.5 Å². The van der Waals surface area contributed by atoms with E-state index in [1.807, 2.05) is 6.92 Å². The van der Waals surface area contributed by atoms with Crippen molar-refractivity contribution in [1.29, 1.82) is 0 Å². The molecule has 2 saturated heterocycles. The number of aliphatic hydroxyl groups is 1. The summed E-state index contributed by atoms with van der Waals surface area (Å²) in [6, 6.07) is 17.6. The molecule has 1 unspecified atom stereocenters. The summed E-state index contributed by atoms with van der Waals surface area (Å²) in [6.45, 7) is 13.1. The van der Waals surface area contributed by atoms with Crippen molar-refractivity contribution in [1.82, 2.24) is 24.5 Å². The summed E-state index contributed by atoms with van der Waals surface area (Å²) >= 11 is 0. The molecule has 2 aromatic carbocycles. The highest BCUT2D eigenvalue weighted by Crippen LogP contribution is 2.53. The van der Waals surface area contributed by atoms with E-state index in [0.717, 1.165) is 89.7 Å². The van der Waals surface area contributed by atoms with Crippen molar-refractivity contribution in [3.63, 3.8) is 0 Å². The van der Waals surface area contributed by atoms with E-state index in [1.165, 1.54) is 42.6 Å². The smallest absolute Gasteiger partial charge is 0.268 e. The SMILES string of the molecule is CC(C)c1ccccc1[C@@H]1CN(CCN)CCN1C1CC2(CCN(c3ccc(C(=O)NS(=O)(=O)c4cnc(NCC5CCC(C)(O)CC5)c([NH+](C)[O-])c4)c(Oc4cnc5c(c4)C(F)=CC5)c3)CC2)C1. The fourth-order valence-corrected chi connectivity index (χ4v) is 12.3. The van der Waals surface area contributed by atoms with Crippen LogP contribution in [0, 0.1) is 16.5 Å². The second-order valence-electron chi connectivity index (χ2n) is 20.8. The Morgan fingerprint density at radius 2 is 1.78 bits per heavy atom. The van der Waals surface area contributed by atoms with E-state index in [0.29, 0.717) is 61.6 Å². The molecule has 0 bridgehead atoms. The molecule has 370 valence electrons. The van der Waals surface area contributed by atoms with Crippen LogP contribution in [0.2, 0.25) is 0 Å². The number of fused-ring (bicyclic) bond motifs is 1. The Kier molecular flexibility index (Phi) is 14.2. The molecule has 4 aromatic rings. The quantitative estimate of drug-likeness (QED) is 0.0819. The van der Waals surface area contributed by atoms with Gasteiger partial charge in [-0.05, 0) is 111 Å². The van der Waals surface area contributed by atoms with Crippen LogP contribution in [0.1, 0.15) is 117 Å². The first-order chi connectivity index (χ1) is 33.0. The highest BCUT2D eigenvalue weighted by atomic mass is 32.2. The lowest BCUT2D eigenvalue weighted by molar-refractivity contribution is -0.751. The Hall–Kier alpha value is -5.01. The molecule has 1 amide bonds. The van der Waals surface area contributed by atoms with Crippen LogP contribution in [0.4, 0.5) is 21.6 Å². The summed E-state index contributed by atoms with van der Waals surface area (Å²) in [5.41, 5.74) is 10.1. The highest BCUT2D eigenvalue weighted by molar-refractivity contribution is 7.90. The van der Waals surface area contributed by atoms with Gasteiger partial charge in [0.15, 0.2) is 11.5 Å². The van der Waals surface area contributed by atoms with E-state index >= 15 is 0 Å². The second kappa shape index (κ2) is 20.0. The van der Waals surface area contributed by atoms with Gasteiger partial charge in [-0.3, -0.25) is 19.6 Å². The number of anilines is 2. The van der Waals surface area contributed by atoms with Gasteiger partial charge in [0.2, 0.25) is 0 Å². The second-order valence-corrected chi connectivity index (χ2v) is 22.4. The number of hydroxylamine groups is 1. The average Bonchev–Trinajstić information content (AvgIpc) is 3.69. The molecule has 2 atom stereocenters. The predicted octanol–water partition coefficient (Wildman–Crippen LogP) is 6.44. The molecule has 69 heavy (non-hydrogen) atoms. The van der Waals surface area contributed by atoms with Gasteiger partial charge >= 0.3 is 0 Å². The number of ether oxygens (including phenoxy) is 1. The number of aromatic nitrogens is 2. The van der Waals surface area contributed by atoms with E-state index in [9.17, 15) is 27.9 Å². The fourth-order valence-electron chi connectivity index (χ4n) is 11.4. The van der Waals surface area contributed by atoms with E-state index in [1.54, 1.807) is 18.2 Å². The van der Waals surface area contributed by atoms with Crippen LogP contribution in [0.3, 0.4) is 0 Å². The van der Waals surface area contributed by atoms with Crippen molar-refractivity contribution in [2.24, 2.45) is 17.1 Å². The summed E-state index contributed by atoms with van der Waals surface area (Å²) in [7, 11) is -3.20. The lowest BCUT2D eigenvalue weighted by atomic mass is 9.59. The number of carbonyl (C=O) groups is 1. The Balaban J connectivity index is 0.903. The molecule has 9 rings (SSSR count). The molecule has 4 fully saturated rings. The van der Waals surface area contributed by atoms with E-state index in [4.69, 9.17) is 10.5 Å². The van der Waals surface area contributed by atoms with Gasteiger partial charge in [0, 0.05) is 94.2 Å². The minimum atomic E-state index is -4.53. The third-order valence-corrected chi connectivity index (χ3v) is 16.9. The molecule has 17 heteroatoms. The largest absolute Gasteiger partial charge is 0.629 e. The van der Waals surface area contributed by atoms with Crippen LogP contribution in [0.25, 0.3) is 5.83 Å². The molecule has 0 radical (unpaired) electrons. The number of allylic oxidation sites excluding steroid dienone is 1. The number of hydrogen-bond acceptors (Lipinski definition) is 13. The van der Waals surface area contributed by atoms with Gasteiger partial charge in [0.05, 0.1) is 36.3 Å². The number of nitrogens with one attached hydrogen (secondary N) is 3. The number of rotatable bonds is 15. The van der Waals surface area contributed by atoms with Gasteiger partial charge < -0.3 is 36.1 Å². The maximum atomic E-state index is 14.7. The zero-order valence-electron chi connectivity index (χ0n) is 40.3. The third kappa shape index (κ3) is 10.7. The molecule has 3 aliphatic carbocycles. The first kappa shape index (κ1) is 49.0. The Labute approximate surface area is 405 Å². The van der Waals surface area contributed by atoms with Gasteiger partial charge in [-0.2, -0.15) is 0 Å². The Morgan fingerprint density at radius 3 is 2.51 bits per heavy atom. The van der Waals surface area contributed by atoms with Gasteiger partial charge in [0.1, 0.15) is 22.2 Å². The van der Waals surface area contributed by atoms with Crippen molar-refractivity contribution in [3.8, 4) is 11.5 Å². The number of piperidine rings is 1. The van der Waals surface area contributed by atoms with Crippen molar-refractivity contribution in [2.45, 2.75) is 107 Å². The maximum absolute atomic E-state index is 14.7. The number of halogens is 1. The maximum Gasteiger partial charge on any atom is 0.268 e. The van der Waals surface area contributed by atoms with Crippen LogP contribution < -0.4 is 30.5 Å². The molecule has 15 nitrogen and oxygen atoms in total. The number of amides is 1. The van der Waals surface area contributed by atoms with E-state index in [-0.39, 0.29) is 44.8 Å². The highest BCUT2D eigenvalue weighted by Gasteiger charge is 2.50. The summed E-state index contributed by atoms with van der Waals surface area (Å²) in [6.07, 6.45) is 11.7. The molecule has 2 aliphatic heterocycles. The number of nitrogens with two attached hydrogens (primary N) is 1. The molecular weight excluding hydrogens is 898 g/mol. The monoisotopic (exact) mass is 965 g/mol. The van der Waals surface area contributed by atoms with Crippen LogP contribution >= 0.6 is 0 Å². The molecule has 6 N–H and O–H groups in total. The number of carbonyl (C=O) groups excluding carboxylic acids is 1. The molecule has 2 saturated carbocycles. The van der Waals surface area contributed by atoms with Gasteiger partial charge in [-0.25, -0.2) is 22.5 Å². The van der Waals surface area contributed by atoms with Crippen molar-refractivity contribution in [2.75, 3.05) is 69.6 Å². The zero-order valence-corrected chi connectivity index (χ0v) is 41.2. The van der Waals surface area contributed by atoms with Crippen LogP contribution in [0.15, 0.2) is 78.0 Å².